The first-order valence-corrected chi connectivity index (χ1v) is 7.67. The molecule has 0 spiro atoms. The summed E-state index contributed by atoms with van der Waals surface area (Å²) in [5, 5.41) is 0. The van der Waals surface area contributed by atoms with Crippen LogP contribution in [-0.2, 0) is 6.54 Å². The molecule has 2 aliphatic rings. The van der Waals surface area contributed by atoms with Crippen LogP contribution in [0.4, 0.5) is 5.82 Å². The van der Waals surface area contributed by atoms with Crippen LogP contribution in [0.25, 0.3) is 0 Å². The Labute approximate surface area is 115 Å². The van der Waals surface area contributed by atoms with Crippen LogP contribution >= 0.6 is 0 Å². The molecular formula is C16H25N3. The van der Waals surface area contributed by atoms with Crippen LogP contribution in [0, 0.1) is 5.92 Å². The van der Waals surface area contributed by atoms with E-state index in [1.54, 1.807) is 0 Å². The van der Waals surface area contributed by atoms with E-state index in [9.17, 15) is 0 Å². The number of nitrogens with two attached hydrogens (primary N) is 1. The average Bonchev–Trinajstić information content (AvgIpc) is 3.19. The molecule has 0 saturated heterocycles. The van der Waals surface area contributed by atoms with E-state index in [1.807, 2.05) is 6.08 Å². The normalized spacial score (nSPS) is 27.4. The number of rotatable bonds is 4. The molecule has 3 heteroatoms. The third-order valence-electron chi connectivity index (χ3n) is 4.72. The molecule has 0 unspecified atom stereocenters. The lowest BCUT2D eigenvalue weighted by molar-refractivity contribution is 0.345. The topological polar surface area (TPSA) is 43.8 Å². The number of aromatic nitrogens is 2. The lowest BCUT2D eigenvalue weighted by Crippen LogP contribution is -2.13. The van der Waals surface area contributed by atoms with Crippen molar-refractivity contribution in [3.05, 3.63) is 24.2 Å². The molecule has 1 heterocycles. The third kappa shape index (κ3) is 2.43. The van der Waals surface area contributed by atoms with Gasteiger partial charge in [-0.1, -0.05) is 25.8 Å². The molecule has 2 aliphatic carbocycles. The highest BCUT2D eigenvalue weighted by Crippen LogP contribution is 2.43. The van der Waals surface area contributed by atoms with E-state index >= 15 is 0 Å². The van der Waals surface area contributed by atoms with Crippen molar-refractivity contribution in [2.45, 2.75) is 63.8 Å². The fraction of sp³-hybridized carbons (Fsp3) is 0.688. The molecule has 1 aromatic rings. The van der Waals surface area contributed by atoms with Gasteiger partial charge in [0.25, 0.3) is 0 Å². The Balaban J connectivity index is 1.88. The average molecular weight is 259 g/mol. The number of nitrogens with zero attached hydrogens (tertiary/aromatic N) is 2. The highest BCUT2D eigenvalue weighted by Gasteiger charge is 2.32. The van der Waals surface area contributed by atoms with Crippen molar-refractivity contribution < 1.29 is 0 Å². The molecule has 0 radical (unpaired) electrons. The molecule has 3 nitrogen and oxygen atoms in total. The van der Waals surface area contributed by atoms with Crippen LogP contribution in [0.3, 0.4) is 0 Å². The fourth-order valence-corrected chi connectivity index (χ4v) is 3.31. The first-order valence-electron chi connectivity index (χ1n) is 7.67. The summed E-state index contributed by atoms with van der Waals surface area (Å²) < 4.78 is 2.19. The Morgan fingerprint density at radius 2 is 1.84 bits per heavy atom. The molecule has 1 aromatic heterocycles. The van der Waals surface area contributed by atoms with Crippen LogP contribution in [0.1, 0.15) is 68.8 Å². The van der Waals surface area contributed by atoms with E-state index in [1.165, 1.54) is 50.0 Å². The molecule has 0 atom stereocenters. The van der Waals surface area contributed by atoms with E-state index < -0.39 is 0 Å². The maximum atomic E-state index is 6.37. The maximum absolute atomic E-state index is 6.37. The van der Waals surface area contributed by atoms with Gasteiger partial charge in [0, 0.05) is 18.4 Å². The second kappa shape index (κ2) is 5.03. The molecule has 3 rings (SSSR count). The number of hydrogen-bond acceptors (Lipinski definition) is 2. The lowest BCUT2D eigenvalue weighted by atomic mass is 9.81. The fourth-order valence-electron chi connectivity index (χ4n) is 3.31. The largest absolute Gasteiger partial charge is 0.384 e. The Bertz CT molecular complexity index is 463. The summed E-state index contributed by atoms with van der Waals surface area (Å²) in [4.78, 5) is 4.93. The standard InChI is InChI=1S/C16H25N3/c1-3-10-19-15(17)14(18-16(19)13-8-9-13)12-6-4-11(2)5-7-12/h3,11-13H,1,4-10,17H2,2H3. The monoisotopic (exact) mass is 259 g/mol. The van der Waals surface area contributed by atoms with Gasteiger partial charge in [-0.25, -0.2) is 4.98 Å². The Kier molecular flexibility index (Phi) is 3.38. The van der Waals surface area contributed by atoms with Crippen molar-refractivity contribution in [1.29, 1.82) is 0 Å². The van der Waals surface area contributed by atoms with Gasteiger partial charge in [0.2, 0.25) is 0 Å². The minimum Gasteiger partial charge on any atom is -0.384 e. The predicted octanol–water partition coefficient (Wildman–Crippen LogP) is 3.82. The smallest absolute Gasteiger partial charge is 0.127 e. The Morgan fingerprint density at radius 1 is 1.21 bits per heavy atom. The minimum absolute atomic E-state index is 0.583. The Morgan fingerprint density at radius 3 is 2.42 bits per heavy atom. The van der Waals surface area contributed by atoms with Crippen molar-refractivity contribution in [2.24, 2.45) is 5.92 Å². The summed E-state index contributed by atoms with van der Waals surface area (Å²) in [5.41, 5.74) is 7.55. The van der Waals surface area contributed by atoms with Crippen molar-refractivity contribution in [3.63, 3.8) is 0 Å². The molecule has 0 aromatic carbocycles. The molecule has 104 valence electrons. The van der Waals surface area contributed by atoms with E-state index in [0.717, 1.165) is 18.3 Å². The number of nitrogen functional groups attached to an aromatic ring is 1. The van der Waals surface area contributed by atoms with Crippen molar-refractivity contribution in [1.82, 2.24) is 9.55 Å². The SMILES string of the molecule is C=CCn1c(C2CC2)nc(C2CCC(C)CC2)c1N. The van der Waals surface area contributed by atoms with E-state index in [0.29, 0.717) is 11.8 Å². The van der Waals surface area contributed by atoms with Crippen molar-refractivity contribution in [2.75, 3.05) is 5.73 Å². The first-order chi connectivity index (χ1) is 9.20. The van der Waals surface area contributed by atoms with E-state index in [-0.39, 0.29) is 0 Å². The van der Waals surface area contributed by atoms with E-state index in [2.05, 4.69) is 18.1 Å². The highest BCUT2D eigenvalue weighted by atomic mass is 15.1. The zero-order valence-corrected chi connectivity index (χ0v) is 11.9. The highest BCUT2D eigenvalue weighted by molar-refractivity contribution is 5.42. The van der Waals surface area contributed by atoms with Gasteiger partial charge in [0.1, 0.15) is 11.6 Å². The maximum Gasteiger partial charge on any atom is 0.127 e. The second-order valence-corrected chi connectivity index (χ2v) is 6.37. The zero-order valence-electron chi connectivity index (χ0n) is 11.9. The van der Waals surface area contributed by atoms with Gasteiger partial charge in [0.15, 0.2) is 0 Å². The van der Waals surface area contributed by atoms with Gasteiger partial charge in [-0.05, 0) is 31.6 Å². The zero-order chi connectivity index (χ0) is 13.4. The van der Waals surface area contributed by atoms with Crippen molar-refractivity contribution >= 4 is 5.82 Å². The van der Waals surface area contributed by atoms with Gasteiger partial charge in [0.05, 0.1) is 5.69 Å². The molecule has 2 fully saturated rings. The second-order valence-electron chi connectivity index (χ2n) is 6.37. The number of anilines is 1. The molecule has 19 heavy (non-hydrogen) atoms. The number of hydrogen-bond donors (Lipinski definition) is 1. The number of imidazole rings is 1. The quantitative estimate of drug-likeness (QED) is 0.835. The molecule has 0 bridgehead atoms. The number of allylic oxidation sites excluding steroid dienone is 1. The molecule has 0 amide bonds. The van der Waals surface area contributed by atoms with Crippen LogP contribution < -0.4 is 5.73 Å². The summed E-state index contributed by atoms with van der Waals surface area (Å²) in [7, 11) is 0. The summed E-state index contributed by atoms with van der Waals surface area (Å²) in [6.45, 7) is 7.00. The van der Waals surface area contributed by atoms with Gasteiger partial charge in [-0.15, -0.1) is 6.58 Å². The predicted molar refractivity (Wildman–Crippen MR) is 79.2 cm³/mol. The summed E-state index contributed by atoms with van der Waals surface area (Å²) in [6.07, 6.45) is 9.61. The molecule has 0 aliphatic heterocycles. The van der Waals surface area contributed by atoms with Crippen LogP contribution in [0.15, 0.2) is 12.7 Å². The lowest BCUT2D eigenvalue weighted by Gasteiger charge is -2.25. The van der Waals surface area contributed by atoms with Gasteiger partial charge < -0.3 is 10.3 Å². The van der Waals surface area contributed by atoms with Gasteiger partial charge in [-0.3, -0.25) is 0 Å². The van der Waals surface area contributed by atoms with Crippen LogP contribution in [0.5, 0.6) is 0 Å². The van der Waals surface area contributed by atoms with Gasteiger partial charge in [-0.2, -0.15) is 0 Å². The van der Waals surface area contributed by atoms with Crippen LogP contribution in [-0.4, -0.2) is 9.55 Å². The molecule has 2 saturated carbocycles. The minimum atomic E-state index is 0.583. The molecule has 2 N–H and O–H groups in total. The van der Waals surface area contributed by atoms with Gasteiger partial charge >= 0.3 is 0 Å². The first kappa shape index (κ1) is 12.8. The third-order valence-corrected chi connectivity index (χ3v) is 4.72. The summed E-state index contributed by atoms with van der Waals surface area (Å²) in [6, 6.07) is 0. The molecular weight excluding hydrogens is 234 g/mol. The summed E-state index contributed by atoms with van der Waals surface area (Å²) in [5.74, 6) is 4.22. The van der Waals surface area contributed by atoms with Crippen molar-refractivity contribution in [3.8, 4) is 0 Å². The Hall–Kier alpha value is -1.25. The van der Waals surface area contributed by atoms with Crippen LogP contribution in [0.2, 0.25) is 0 Å². The van der Waals surface area contributed by atoms with E-state index in [4.69, 9.17) is 10.7 Å². The summed E-state index contributed by atoms with van der Waals surface area (Å²) >= 11 is 0.